The monoisotopic (exact) mass is 379 g/mol. The lowest BCUT2D eigenvalue weighted by Gasteiger charge is -2.16. The van der Waals surface area contributed by atoms with Crippen molar-refractivity contribution in [2.24, 2.45) is 0 Å². The average Bonchev–Trinajstić information content (AvgIpc) is 2.55. The van der Waals surface area contributed by atoms with E-state index in [1.165, 1.54) is 23.8 Å². The van der Waals surface area contributed by atoms with Gasteiger partial charge in [0.2, 0.25) is 0 Å². The fourth-order valence-corrected chi connectivity index (χ4v) is 2.75. The average molecular weight is 380 g/mol. The highest BCUT2D eigenvalue weighted by atomic mass is 35.5. The summed E-state index contributed by atoms with van der Waals surface area (Å²) in [6, 6.07) is 10.3. The maximum atomic E-state index is 12.0. The maximum absolute atomic E-state index is 12.0. The summed E-state index contributed by atoms with van der Waals surface area (Å²) in [4.78, 5) is 24.0. The second-order valence-corrected chi connectivity index (χ2v) is 6.68. The van der Waals surface area contributed by atoms with E-state index < -0.39 is 5.97 Å². The predicted molar refractivity (Wildman–Crippen MR) is 99.2 cm³/mol. The van der Waals surface area contributed by atoms with E-state index in [9.17, 15) is 9.59 Å². The van der Waals surface area contributed by atoms with Crippen LogP contribution in [0.5, 0.6) is 0 Å². The molecule has 0 aliphatic rings. The van der Waals surface area contributed by atoms with Crippen LogP contribution in [0.2, 0.25) is 10.0 Å². The zero-order valence-corrected chi connectivity index (χ0v) is 15.7. The molecule has 132 valence electrons. The number of benzene rings is 2. The maximum Gasteiger partial charge on any atom is 0.340 e. The normalized spacial score (nSPS) is 11.7. The molecule has 0 heterocycles. The molecule has 1 N–H and O–H groups in total. The van der Waals surface area contributed by atoms with Crippen LogP contribution in [0, 0.1) is 13.8 Å². The van der Waals surface area contributed by atoms with Gasteiger partial charge in [-0.3, -0.25) is 4.79 Å². The number of hydrogen-bond donors (Lipinski definition) is 1. The summed E-state index contributed by atoms with van der Waals surface area (Å²) in [6.45, 7) is 5.54. The highest BCUT2D eigenvalue weighted by Gasteiger charge is 2.15. The lowest BCUT2D eigenvalue weighted by molar-refractivity contribution is -0.124. The van der Waals surface area contributed by atoms with Crippen molar-refractivity contribution in [3.05, 3.63) is 68.7 Å². The third-order valence-electron chi connectivity index (χ3n) is 3.89. The van der Waals surface area contributed by atoms with Crippen LogP contribution in [0.15, 0.2) is 36.4 Å². The number of carbonyl (C=O) groups is 2. The van der Waals surface area contributed by atoms with Gasteiger partial charge < -0.3 is 10.1 Å². The van der Waals surface area contributed by atoms with Crippen molar-refractivity contribution < 1.29 is 14.3 Å². The molecule has 0 spiro atoms. The zero-order valence-electron chi connectivity index (χ0n) is 14.2. The molecule has 1 unspecified atom stereocenters. The molecule has 0 fully saturated rings. The molecule has 0 aliphatic carbocycles. The van der Waals surface area contributed by atoms with Gasteiger partial charge in [-0.05, 0) is 55.7 Å². The van der Waals surface area contributed by atoms with Crippen LogP contribution >= 0.6 is 23.2 Å². The first kappa shape index (κ1) is 19.3. The Morgan fingerprint density at radius 2 is 1.80 bits per heavy atom. The van der Waals surface area contributed by atoms with E-state index in [0.29, 0.717) is 5.02 Å². The lowest BCUT2D eigenvalue weighted by atomic mass is 10.0. The molecular formula is C19H19Cl2NO3. The van der Waals surface area contributed by atoms with E-state index in [1.54, 1.807) is 0 Å². The van der Waals surface area contributed by atoms with E-state index in [4.69, 9.17) is 27.9 Å². The topological polar surface area (TPSA) is 55.4 Å². The molecule has 25 heavy (non-hydrogen) atoms. The Kier molecular flexibility index (Phi) is 6.45. The van der Waals surface area contributed by atoms with Crippen LogP contribution in [0.25, 0.3) is 0 Å². The van der Waals surface area contributed by atoms with Gasteiger partial charge in [0.1, 0.15) is 0 Å². The van der Waals surface area contributed by atoms with Crippen LogP contribution in [0.4, 0.5) is 0 Å². The molecule has 0 bridgehead atoms. The first-order valence-corrected chi connectivity index (χ1v) is 8.52. The minimum Gasteiger partial charge on any atom is -0.452 e. The van der Waals surface area contributed by atoms with Crippen molar-refractivity contribution >= 4 is 35.1 Å². The van der Waals surface area contributed by atoms with E-state index in [0.717, 1.165) is 11.1 Å². The Bertz CT molecular complexity index is 805. The number of hydrogen-bond acceptors (Lipinski definition) is 3. The second kappa shape index (κ2) is 8.37. The molecule has 1 amide bonds. The molecule has 2 aromatic rings. The molecule has 0 radical (unpaired) electrons. The summed E-state index contributed by atoms with van der Waals surface area (Å²) in [7, 11) is 0. The Labute approximate surface area is 157 Å². The Morgan fingerprint density at radius 3 is 2.44 bits per heavy atom. The van der Waals surface area contributed by atoms with E-state index in [1.807, 2.05) is 39.0 Å². The summed E-state index contributed by atoms with van der Waals surface area (Å²) in [5.74, 6) is -1.06. The predicted octanol–water partition coefficient (Wildman–Crippen LogP) is 4.64. The molecule has 1 atom stereocenters. The molecule has 0 saturated heterocycles. The van der Waals surface area contributed by atoms with Crippen LogP contribution in [0.1, 0.15) is 40.0 Å². The SMILES string of the molecule is Cc1ccc(C(C)NC(=O)COC(=O)c2ccc(Cl)cc2Cl)cc1C. The summed E-state index contributed by atoms with van der Waals surface area (Å²) in [5.41, 5.74) is 3.50. The van der Waals surface area contributed by atoms with Gasteiger partial charge >= 0.3 is 5.97 Å². The molecule has 0 saturated carbocycles. The van der Waals surface area contributed by atoms with Gasteiger partial charge in [0.25, 0.3) is 5.91 Å². The molecule has 6 heteroatoms. The van der Waals surface area contributed by atoms with Gasteiger partial charge in [0.15, 0.2) is 6.61 Å². The third-order valence-corrected chi connectivity index (χ3v) is 4.44. The van der Waals surface area contributed by atoms with Crippen LogP contribution in [-0.2, 0) is 9.53 Å². The van der Waals surface area contributed by atoms with Gasteiger partial charge in [0, 0.05) is 5.02 Å². The van der Waals surface area contributed by atoms with Crippen LogP contribution < -0.4 is 5.32 Å². The molecule has 4 nitrogen and oxygen atoms in total. The number of carbonyl (C=O) groups excluding carboxylic acids is 2. The summed E-state index contributed by atoms with van der Waals surface area (Å²) >= 11 is 11.7. The smallest absolute Gasteiger partial charge is 0.340 e. The largest absolute Gasteiger partial charge is 0.452 e. The van der Waals surface area contributed by atoms with Gasteiger partial charge in [-0.25, -0.2) is 4.79 Å². The van der Waals surface area contributed by atoms with Crippen LogP contribution in [-0.4, -0.2) is 18.5 Å². The van der Waals surface area contributed by atoms with Crippen molar-refractivity contribution in [2.45, 2.75) is 26.8 Å². The Morgan fingerprint density at radius 1 is 1.08 bits per heavy atom. The molecule has 2 rings (SSSR count). The highest BCUT2D eigenvalue weighted by molar-refractivity contribution is 6.36. The standard InChI is InChI=1S/C19H19Cl2NO3/c1-11-4-5-14(8-12(11)2)13(3)22-18(23)10-25-19(24)16-7-6-15(20)9-17(16)21/h4-9,13H,10H2,1-3H3,(H,22,23). The highest BCUT2D eigenvalue weighted by Crippen LogP contribution is 2.21. The van der Waals surface area contributed by atoms with Crippen molar-refractivity contribution in [1.82, 2.24) is 5.32 Å². The lowest BCUT2D eigenvalue weighted by Crippen LogP contribution is -2.31. The zero-order chi connectivity index (χ0) is 18.6. The summed E-state index contributed by atoms with van der Waals surface area (Å²) in [5, 5.41) is 3.40. The summed E-state index contributed by atoms with van der Waals surface area (Å²) in [6.07, 6.45) is 0. The molecule has 0 aromatic heterocycles. The third kappa shape index (κ3) is 5.21. The number of halogens is 2. The fraction of sp³-hybridized carbons (Fsp3) is 0.263. The van der Waals surface area contributed by atoms with Crippen molar-refractivity contribution in [3.8, 4) is 0 Å². The summed E-state index contributed by atoms with van der Waals surface area (Å²) < 4.78 is 5.01. The van der Waals surface area contributed by atoms with E-state index in [-0.39, 0.29) is 29.1 Å². The van der Waals surface area contributed by atoms with Crippen molar-refractivity contribution in [3.63, 3.8) is 0 Å². The van der Waals surface area contributed by atoms with Crippen LogP contribution in [0.3, 0.4) is 0 Å². The number of aryl methyl sites for hydroxylation is 2. The Balaban J connectivity index is 1.91. The van der Waals surface area contributed by atoms with Crippen molar-refractivity contribution in [1.29, 1.82) is 0 Å². The quantitative estimate of drug-likeness (QED) is 0.769. The first-order chi connectivity index (χ1) is 11.8. The minimum absolute atomic E-state index is 0.168. The molecule has 0 aliphatic heterocycles. The van der Waals surface area contributed by atoms with Crippen molar-refractivity contribution in [2.75, 3.05) is 6.61 Å². The number of esters is 1. The fourth-order valence-electron chi connectivity index (χ4n) is 2.26. The number of nitrogens with one attached hydrogen (secondary N) is 1. The van der Waals surface area contributed by atoms with E-state index in [2.05, 4.69) is 5.32 Å². The van der Waals surface area contributed by atoms with Gasteiger partial charge in [0.05, 0.1) is 16.6 Å². The molecule has 2 aromatic carbocycles. The van der Waals surface area contributed by atoms with Gasteiger partial charge in [-0.15, -0.1) is 0 Å². The van der Waals surface area contributed by atoms with E-state index >= 15 is 0 Å². The van der Waals surface area contributed by atoms with Gasteiger partial charge in [-0.1, -0.05) is 41.4 Å². The Hall–Kier alpha value is -2.04. The minimum atomic E-state index is -0.671. The number of ether oxygens (including phenoxy) is 1. The van der Waals surface area contributed by atoms with Gasteiger partial charge in [-0.2, -0.15) is 0 Å². The number of amides is 1. The number of rotatable bonds is 5. The second-order valence-electron chi connectivity index (χ2n) is 5.83. The first-order valence-electron chi connectivity index (χ1n) is 7.76. The molecular weight excluding hydrogens is 361 g/mol.